The number of hydrogen-bond acceptors (Lipinski definition) is 6. The summed E-state index contributed by atoms with van der Waals surface area (Å²) in [4.78, 5) is 16.2. The molecule has 5 rings (SSSR count). The smallest absolute Gasteiger partial charge is 0.161 e. The van der Waals surface area contributed by atoms with Gasteiger partial charge in [-0.25, -0.2) is 4.98 Å². The second-order valence-electron chi connectivity index (χ2n) is 11.2. The molecule has 0 saturated carbocycles. The lowest BCUT2D eigenvalue weighted by molar-refractivity contribution is 0.229. The number of fused-ring (bicyclic) bond motifs is 1. The van der Waals surface area contributed by atoms with Gasteiger partial charge in [0.1, 0.15) is 11.2 Å². The Balaban J connectivity index is 0.000000403. The van der Waals surface area contributed by atoms with E-state index in [1.165, 1.54) is 50.9 Å². The highest BCUT2D eigenvalue weighted by Gasteiger charge is 2.17. The summed E-state index contributed by atoms with van der Waals surface area (Å²) < 4.78 is 2.10. The average Bonchev–Trinajstić information content (AvgIpc) is 3.36. The topological polar surface area (TPSA) is 84.4 Å². The van der Waals surface area contributed by atoms with Gasteiger partial charge >= 0.3 is 0 Å². The van der Waals surface area contributed by atoms with Gasteiger partial charge in [0, 0.05) is 37.1 Å². The third-order valence-corrected chi connectivity index (χ3v) is 7.74. The van der Waals surface area contributed by atoms with Crippen LogP contribution in [-0.4, -0.2) is 51.8 Å². The predicted octanol–water partition coefficient (Wildman–Crippen LogP) is 7.21. The molecule has 1 aliphatic rings. The molecule has 0 unspecified atom stereocenters. The summed E-state index contributed by atoms with van der Waals surface area (Å²) in [6.45, 7) is 19.2. The van der Waals surface area contributed by atoms with Crippen LogP contribution in [0.2, 0.25) is 0 Å². The predicted molar refractivity (Wildman–Crippen MR) is 183 cm³/mol. The Bertz CT molecular complexity index is 1550. The van der Waals surface area contributed by atoms with Crippen LogP contribution in [0.25, 0.3) is 16.7 Å². The van der Waals surface area contributed by atoms with Crippen LogP contribution >= 0.6 is 0 Å². The third kappa shape index (κ3) is 8.42. The first-order chi connectivity index (χ1) is 20.8. The molecule has 1 saturated heterocycles. The Morgan fingerprint density at radius 2 is 1.77 bits per heavy atom. The Kier molecular flexibility index (Phi) is 11.3. The number of piperidine rings is 1. The lowest BCUT2D eigenvalue weighted by Crippen LogP contribution is -2.30. The van der Waals surface area contributed by atoms with E-state index in [1.807, 2.05) is 18.3 Å². The lowest BCUT2D eigenvalue weighted by atomic mass is 10.1. The SMILES string of the molecule is C=C(N)C(=NC)c1nc2cnc(Cc3cccc(NC(=C)c4ccc(C)cc4)c3)cc2n1CC.CCCN1CCCCC1. The monoisotopic (exact) mass is 577 g/mol. The maximum Gasteiger partial charge on any atom is 0.161 e. The van der Waals surface area contributed by atoms with E-state index >= 15 is 0 Å². The summed E-state index contributed by atoms with van der Waals surface area (Å²) in [5.74, 6) is 0.715. The van der Waals surface area contributed by atoms with Crippen molar-refractivity contribution in [2.75, 3.05) is 32.0 Å². The van der Waals surface area contributed by atoms with Crippen LogP contribution < -0.4 is 11.1 Å². The van der Waals surface area contributed by atoms with Crippen LogP contribution in [0.15, 0.2) is 84.6 Å². The number of imidazole rings is 1. The molecular weight excluding hydrogens is 530 g/mol. The van der Waals surface area contributed by atoms with Crippen molar-refractivity contribution in [3.63, 3.8) is 0 Å². The minimum absolute atomic E-state index is 0.400. The average molecular weight is 578 g/mol. The van der Waals surface area contributed by atoms with Gasteiger partial charge in [-0.2, -0.15) is 0 Å². The zero-order valence-corrected chi connectivity index (χ0v) is 26.4. The van der Waals surface area contributed by atoms with Crippen LogP contribution in [0.4, 0.5) is 5.69 Å². The van der Waals surface area contributed by atoms with Crippen molar-refractivity contribution in [1.29, 1.82) is 0 Å². The minimum Gasteiger partial charge on any atom is -0.397 e. The first kappa shape index (κ1) is 31.7. The van der Waals surface area contributed by atoms with Crippen LogP contribution in [-0.2, 0) is 13.0 Å². The molecule has 1 fully saturated rings. The van der Waals surface area contributed by atoms with Crippen LogP contribution in [0, 0.1) is 6.92 Å². The van der Waals surface area contributed by atoms with Crippen molar-refractivity contribution in [1.82, 2.24) is 19.4 Å². The molecule has 7 heteroatoms. The summed E-state index contributed by atoms with van der Waals surface area (Å²) in [5, 5.41) is 3.42. The lowest BCUT2D eigenvalue weighted by Gasteiger charge is -2.25. The fourth-order valence-corrected chi connectivity index (χ4v) is 5.52. The molecule has 0 atom stereocenters. The Hall–Kier alpha value is -4.23. The Labute approximate surface area is 257 Å². The number of pyridine rings is 1. The highest BCUT2D eigenvalue weighted by Crippen LogP contribution is 2.22. The summed E-state index contributed by atoms with van der Waals surface area (Å²) in [6.07, 6.45) is 8.15. The van der Waals surface area contributed by atoms with Crippen molar-refractivity contribution in [3.05, 3.63) is 108 Å². The molecular formula is C36H47N7. The van der Waals surface area contributed by atoms with E-state index in [4.69, 9.17) is 10.7 Å². The number of nitrogens with zero attached hydrogens (tertiary/aromatic N) is 5. The molecule has 0 bridgehead atoms. The fourth-order valence-electron chi connectivity index (χ4n) is 5.52. The number of rotatable bonds is 10. The van der Waals surface area contributed by atoms with Crippen LogP contribution in [0.3, 0.4) is 0 Å². The van der Waals surface area contributed by atoms with Gasteiger partial charge in [0.25, 0.3) is 0 Å². The number of nitrogens with two attached hydrogens (primary N) is 1. The molecule has 226 valence electrons. The van der Waals surface area contributed by atoms with Gasteiger partial charge < -0.3 is 20.5 Å². The summed E-state index contributed by atoms with van der Waals surface area (Å²) in [5.41, 5.74) is 15.0. The number of benzene rings is 2. The summed E-state index contributed by atoms with van der Waals surface area (Å²) >= 11 is 0. The highest BCUT2D eigenvalue weighted by atomic mass is 15.1. The minimum atomic E-state index is 0.400. The largest absolute Gasteiger partial charge is 0.397 e. The van der Waals surface area contributed by atoms with E-state index in [1.54, 1.807) is 7.05 Å². The van der Waals surface area contributed by atoms with Gasteiger partial charge in [-0.05, 0) is 82.1 Å². The molecule has 2 aromatic carbocycles. The van der Waals surface area contributed by atoms with E-state index in [0.717, 1.165) is 45.8 Å². The van der Waals surface area contributed by atoms with Gasteiger partial charge in [-0.1, -0.05) is 68.5 Å². The molecule has 4 aromatic rings. The second kappa shape index (κ2) is 15.3. The first-order valence-corrected chi connectivity index (χ1v) is 15.4. The zero-order valence-electron chi connectivity index (χ0n) is 26.4. The van der Waals surface area contributed by atoms with E-state index in [0.29, 0.717) is 23.7 Å². The maximum atomic E-state index is 5.94. The molecule has 0 aliphatic carbocycles. The van der Waals surface area contributed by atoms with Crippen LogP contribution in [0.1, 0.15) is 67.7 Å². The molecule has 0 amide bonds. The van der Waals surface area contributed by atoms with Crippen molar-refractivity contribution < 1.29 is 0 Å². The molecule has 0 spiro atoms. The van der Waals surface area contributed by atoms with Gasteiger partial charge in [0.15, 0.2) is 5.82 Å². The number of likely N-dealkylation sites (tertiary alicyclic amines) is 1. The quantitative estimate of drug-likeness (QED) is 0.195. The van der Waals surface area contributed by atoms with Crippen molar-refractivity contribution in [3.8, 4) is 0 Å². The molecule has 7 nitrogen and oxygen atoms in total. The molecule has 1 aliphatic heterocycles. The zero-order chi connectivity index (χ0) is 30.8. The van der Waals surface area contributed by atoms with Gasteiger partial charge in [0.2, 0.25) is 0 Å². The maximum absolute atomic E-state index is 5.94. The molecule has 43 heavy (non-hydrogen) atoms. The number of aryl methyl sites for hydroxylation is 2. The van der Waals surface area contributed by atoms with Crippen molar-refractivity contribution in [2.24, 2.45) is 10.7 Å². The number of anilines is 1. The highest BCUT2D eigenvalue weighted by molar-refractivity contribution is 6.10. The summed E-state index contributed by atoms with van der Waals surface area (Å²) in [6, 6.07) is 18.8. The molecule has 0 radical (unpaired) electrons. The van der Waals surface area contributed by atoms with Gasteiger partial charge in [0.05, 0.1) is 17.4 Å². The van der Waals surface area contributed by atoms with Crippen molar-refractivity contribution >= 4 is 28.1 Å². The molecule has 2 aromatic heterocycles. The first-order valence-electron chi connectivity index (χ1n) is 15.4. The van der Waals surface area contributed by atoms with E-state index in [-0.39, 0.29) is 0 Å². The Morgan fingerprint density at radius 3 is 2.42 bits per heavy atom. The third-order valence-electron chi connectivity index (χ3n) is 7.74. The number of aromatic nitrogens is 3. The normalized spacial score (nSPS) is 13.8. The van der Waals surface area contributed by atoms with Gasteiger partial charge in [-0.15, -0.1) is 0 Å². The van der Waals surface area contributed by atoms with Gasteiger partial charge in [-0.3, -0.25) is 9.98 Å². The van der Waals surface area contributed by atoms with Crippen LogP contribution in [0.5, 0.6) is 0 Å². The van der Waals surface area contributed by atoms with E-state index < -0.39 is 0 Å². The Morgan fingerprint density at radius 1 is 1.02 bits per heavy atom. The fraction of sp³-hybridized carbons (Fsp3) is 0.361. The van der Waals surface area contributed by atoms with E-state index in [2.05, 4.69) is 101 Å². The standard InChI is InChI=1S/C28H30N6.C8H17N/c1-6-34-26-16-24(31-17-25(26)33-28(34)27(30-5)19(3)29)15-21-8-7-9-23(14-21)32-20(4)22-12-10-18(2)11-13-22;1-2-6-9-7-4-3-5-8-9/h7-14,16-17,32H,3-4,6,15,29H2,1-2,5H3;2-8H2,1H3. The molecule has 3 heterocycles. The summed E-state index contributed by atoms with van der Waals surface area (Å²) in [7, 11) is 1.70. The second-order valence-corrected chi connectivity index (χ2v) is 11.2. The number of allylic oxidation sites excluding steroid dienone is 1. The van der Waals surface area contributed by atoms with Crippen molar-refractivity contribution in [2.45, 2.75) is 59.4 Å². The number of hydrogen-bond donors (Lipinski definition) is 2. The number of nitrogens with one attached hydrogen (secondary N) is 1. The molecule has 3 N–H and O–H groups in total. The van der Waals surface area contributed by atoms with E-state index in [9.17, 15) is 0 Å². The number of aliphatic imine (C=N–C) groups is 1.